The van der Waals surface area contributed by atoms with Crippen molar-refractivity contribution in [1.82, 2.24) is 20.5 Å². The van der Waals surface area contributed by atoms with Crippen LogP contribution in [0.2, 0.25) is 0 Å². The van der Waals surface area contributed by atoms with Gasteiger partial charge in [-0.15, -0.1) is 0 Å². The molecular formula is C14H17BrN4O. The zero-order valence-corrected chi connectivity index (χ0v) is 12.9. The van der Waals surface area contributed by atoms with E-state index in [0.29, 0.717) is 0 Å². The fraction of sp³-hybridized carbons (Fsp3) is 0.429. The molecule has 106 valence electrons. The second-order valence-corrected chi connectivity index (χ2v) is 5.75. The summed E-state index contributed by atoms with van der Waals surface area (Å²) in [6.07, 6.45) is 3.35. The first-order valence-corrected chi connectivity index (χ1v) is 7.60. The van der Waals surface area contributed by atoms with Gasteiger partial charge in [0, 0.05) is 10.9 Å². The van der Waals surface area contributed by atoms with Crippen LogP contribution in [0.25, 0.3) is 0 Å². The molecule has 0 bridgehead atoms. The van der Waals surface area contributed by atoms with E-state index < -0.39 is 0 Å². The Morgan fingerprint density at radius 2 is 2.40 bits per heavy atom. The zero-order chi connectivity index (χ0) is 13.9. The van der Waals surface area contributed by atoms with E-state index in [1.54, 1.807) is 6.33 Å². The number of hydrogen-bond acceptors (Lipinski definition) is 4. The summed E-state index contributed by atoms with van der Waals surface area (Å²) in [6.45, 7) is 3.74. The highest BCUT2D eigenvalue weighted by molar-refractivity contribution is 9.10. The summed E-state index contributed by atoms with van der Waals surface area (Å²) in [4.78, 5) is 4.27. The van der Waals surface area contributed by atoms with Crippen LogP contribution in [0.15, 0.2) is 22.9 Å². The quantitative estimate of drug-likeness (QED) is 0.880. The largest absolute Gasteiger partial charge is 0.493 e. The molecule has 2 aromatic rings. The molecule has 1 unspecified atom stereocenters. The van der Waals surface area contributed by atoms with Crippen LogP contribution >= 0.6 is 15.9 Å². The number of nitrogens with one attached hydrogen (secondary N) is 2. The maximum atomic E-state index is 5.79. The van der Waals surface area contributed by atoms with Gasteiger partial charge in [0.25, 0.3) is 0 Å². The minimum absolute atomic E-state index is 0.116. The summed E-state index contributed by atoms with van der Waals surface area (Å²) < 4.78 is 6.89. The van der Waals surface area contributed by atoms with Crippen LogP contribution in [0.4, 0.5) is 0 Å². The molecule has 2 heterocycles. The molecule has 1 aromatic carbocycles. The van der Waals surface area contributed by atoms with Crippen molar-refractivity contribution in [1.29, 1.82) is 0 Å². The van der Waals surface area contributed by atoms with Gasteiger partial charge in [0.1, 0.15) is 17.9 Å². The number of aromatic amines is 1. The Hall–Kier alpha value is -1.40. The standard InChI is InChI=1S/C14H17BrN4O/c1-2-16-12(14-17-8-18-19-14)7-10-6-11(15)5-9-3-4-20-13(9)10/h5-6,8,12,16H,2-4,7H2,1H3,(H,17,18,19). The molecule has 1 atom stereocenters. The zero-order valence-electron chi connectivity index (χ0n) is 11.3. The SMILES string of the molecule is CCNC(Cc1cc(Br)cc2c1OCC2)c1ncn[nH]1. The lowest BCUT2D eigenvalue weighted by molar-refractivity contribution is 0.351. The molecule has 0 saturated heterocycles. The molecule has 5 nitrogen and oxygen atoms in total. The first-order chi connectivity index (χ1) is 9.78. The summed E-state index contributed by atoms with van der Waals surface area (Å²) >= 11 is 3.58. The fourth-order valence-corrected chi connectivity index (χ4v) is 3.16. The Morgan fingerprint density at radius 3 is 3.15 bits per heavy atom. The molecule has 0 saturated carbocycles. The number of halogens is 1. The second-order valence-electron chi connectivity index (χ2n) is 4.84. The van der Waals surface area contributed by atoms with Gasteiger partial charge < -0.3 is 10.1 Å². The van der Waals surface area contributed by atoms with Crippen LogP contribution in [0, 0.1) is 0 Å². The smallest absolute Gasteiger partial charge is 0.141 e. The number of ether oxygens (including phenoxy) is 1. The summed E-state index contributed by atoms with van der Waals surface area (Å²) in [6, 6.07) is 4.39. The lowest BCUT2D eigenvalue weighted by Crippen LogP contribution is -2.24. The second kappa shape index (κ2) is 5.93. The first kappa shape index (κ1) is 13.6. The van der Waals surface area contributed by atoms with E-state index >= 15 is 0 Å². The molecule has 3 rings (SSSR count). The van der Waals surface area contributed by atoms with Gasteiger partial charge in [-0.25, -0.2) is 4.98 Å². The Kier molecular flexibility index (Phi) is 4.03. The topological polar surface area (TPSA) is 62.8 Å². The summed E-state index contributed by atoms with van der Waals surface area (Å²) in [5, 5.41) is 10.3. The lowest BCUT2D eigenvalue weighted by atomic mass is 10.0. The van der Waals surface area contributed by atoms with Gasteiger partial charge in [0.2, 0.25) is 0 Å². The number of likely N-dealkylation sites (N-methyl/N-ethyl adjacent to an activating group) is 1. The molecule has 0 fully saturated rings. The Labute approximate surface area is 126 Å². The predicted molar refractivity (Wildman–Crippen MR) is 79.8 cm³/mol. The average molecular weight is 337 g/mol. The molecule has 1 aromatic heterocycles. The van der Waals surface area contributed by atoms with E-state index in [9.17, 15) is 0 Å². The number of fused-ring (bicyclic) bond motifs is 1. The van der Waals surface area contributed by atoms with Gasteiger partial charge in [-0.05, 0) is 36.2 Å². The van der Waals surface area contributed by atoms with Crippen molar-refractivity contribution in [3.05, 3.63) is 39.9 Å². The van der Waals surface area contributed by atoms with Crippen molar-refractivity contribution < 1.29 is 4.74 Å². The molecule has 0 radical (unpaired) electrons. The van der Waals surface area contributed by atoms with Crippen molar-refractivity contribution in [3.8, 4) is 5.75 Å². The molecule has 2 N–H and O–H groups in total. The van der Waals surface area contributed by atoms with Gasteiger partial charge in [-0.2, -0.15) is 5.10 Å². The van der Waals surface area contributed by atoms with Crippen molar-refractivity contribution >= 4 is 15.9 Å². The summed E-state index contributed by atoms with van der Waals surface area (Å²) in [5.74, 6) is 1.90. The van der Waals surface area contributed by atoms with Crippen molar-refractivity contribution in [2.75, 3.05) is 13.2 Å². The third-order valence-electron chi connectivity index (χ3n) is 3.46. The number of rotatable bonds is 5. The van der Waals surface area contributed by atoms with Crippen LogP contribution in [-0.2, 0) is 12.8 Å². The molecule has 1 aliphatic rings. The Balaban J connectivity index is 1.89. The van der Waals surface area contributed by atoms with Crippen LogP contribution < -0.4 is 10.1 Å². The van der Waals surface area contributed by atoms with Crippen LogP contribution in [-0.4, -0.2) is 28.3 Å². The van der Waals surface area contributed by atoms with Crippen molar-refractivity contribution in [2.24, 2.45) is 0 Å². The van der Waals surface area contributed by atoms with E-state index in [0.717, 1.165) is 42.0 Å². The van der Waals surface area contributed by atoms with Crippen LogP contribution in [0.5, 0.6) is 5.75 Å². The van der Waals surface area contributed by atoms with Gasteiger partial charge in [0.15, 0.2) is 0 Å². The maximum absolute atomic E-state index is 5.79. The third-order valence-corrected chi connectivity index (χ3v) is 3.92. The number of aromatic nitrogens is 3. The van der Waals surface area contributed by atoms with E-state index in [4.69, 9.17) is 4.74 Å². The van der Waals surface area contributed by atoms with Gasteiger partial charge in [-0.3, -0.25) is 5.10 Å². The normalized spacial score (nSPS) is 14.9. The summed E-state index contributed by atoms with van der Waals surface area (Å²) in [7, 11) is 0. The third kappa shape index (κ3) is 2.71. The van der Waals surface area contributed by atoms with Crippen molar-refractivity contribution in [2.45, 2.75) is 25.8 Å². The molecule has 0 aliphatic carbocycles. The molecule has 20 heavy (non-hydrogen) atoms. The van der Waals surface area contributed by atoms with Crippen LogP contribution in [0.3, 0.4) is 0 Å². The Bertz CT molecular complexity index is 585. The lowest BCUT2D eigenvalue weighted by Gasteiger charge is -2.17. The van der Waals surface area contributed by atoms with Crippen LogP contribution in [0.1, 0.15) is 29.9 Å². The molecule has 1 aliphatic heterocycles. The highest BCUT2D eigenvalue weighted by Crippen LogP contribution is 2.35. The number of H-pyrrole nitrogens is 1. The van der Waals surface area contributed by atoms with E-state index in [1.807, 2.05) is 0 Å². The molecule has 0 spiro atoms. The maximum Gasteiger partial charge on any atom is 0.141 e. The first-order valence-electron chi connectivity index (χ1n) is 6.80. The highest BCUT2D eigenvalue weighted by Gasteiger charge is 2.21. The molecule has 0 amide bonds. The van der Waals surface area contributed by atoms with Gasteiger partial charge >= 0.3 is 0 Å². The van der Waals surface area contributed by atoms with E-state index in [2.05, 4.69) is 55.5 Å². The van der Waals surface area contributed by atoms with Gasteiger partial charge in [0.05, 0.1) is 12.6 Å². The fourth-order valence-electron chi connectivity index (χ4n) is 2.61. The summed E-state index contributed by atoms with van der Waals surface area (Å²) in [5.41, 5.74) is 2.48. The van der Waals surface area contributed by atoms with Gasteiger partial charge in [-0.1, -0.05) is 22.9 Å². The number of hydrogen-bond donors (Lipinski definition) is 2. The average Bonchev–Trinajstić information content (AvgIpc) is 3.08. The van der Waals surface area contributed by atoms with E-state index in [1.165, 1.54) is 11.1 Å². The minimum Gasteiger partial charge on any atom is -0.493 e. The van der Waals surface area contributed by atoms with Crippen molar-refractivity contribution in [3.63, 3.8) is 0 Å². The molecular weight excluding hydrogens is 320 g/mol. The minimum atomic E-state index is 0.116. The molecule has 6 heteroatoms. The Morgan fingerprint density at radius 1 is 1.50 bits per heavy atom. The monoisotopic (exact) mass is 336 g/mol. The highest BCUT2D eigenvalue weighted by atomic mass is 79.9. The number of benzene rings is 1. The van der Waals surface area contributed by atoms with E-state index in [-0.39, 0.29) is 6.04 Å². The number of nitrogens with zero attached hydrogens (tertiary/aromatic N) is 2. The predicted octanol–water partition coefficient (Wildman–Crippen LogP) is 2.40.